The van der Waals surface area contributed by atoms with E-state index in [1.54, 1.807) is 12.1 Å². The molecule has 1 aromatic rings. The minimum Gasteiger partial charge on any atom is -0.307 e. The van der Waals surface area contributed by atoms with Gasteiger partial charge in [0, 0.05) is 5.69 Å². The average molecular weight is 314 g/mol. The topological polar surface area (TPSA) is 120 Å². The SMILES string of the molecule is Cc1ccc(NC(=O)N2CCN=C2NOS(=O)(=O)O)cc1. The number of carbonyl (C=O) groups is 1. The van der Waals surface area contributed by atoms with Gasteiger partial charge in [-0.3, -0.25) is 9.45 Å². The van der Waals surface area contributed by atoms with Gasteiger partial charge in [-0.2, -0.15) is 8.42 Å². The highest BCUT2D eigenvalue weighted by molar-refractivity contribution is 7.80. The van der Waals surface area contributed by atoms with E-state index >= 15 is 0 Å². The largest absolute Gasteiger partial charge is 0.418 e. The second-order valence-corrected chi connectivity index (χ2v) is 5.29. The third-order valence-corrected chi connectivity index (χ3v) is 2.92. The molecule has 0 saturated carbocycles. The minimum absolute atomic E-state index is 0.0998. The molecule has 1 aliphatic heterocycles. The Morgan fingerprint density at radius 3 is 2.67 bits per heavy atom. The van der Waals surface area contributed by atoms with Crippen LogP contribution in [0.2, 0.25) is 0 Å². The number of guanidine groups is 1. The zero-order valence-electron chi connectivity index (χ0n) is 11.1. The van der Waals surface area contributed by atoms with E-state index in [2.05, 4.69) is 14.6 Å². The van der Waals surface area contributed by atoms with Crippen LogP contribution in [0, 0.1) is 6.92 Å². The monoisotopic (exact) mass is 314 g/mol. The average Bonchev–Trinajstić information content (AvgIpc) is 2.87. The van der Waals surface area contributed by atoms with Crippen molar-refractivity contribution in [1.82, 2.24) is 10.4 Å². The molecule has 2 rings (SSSR count). The summed E-state index contributed by atoms with van der Waals surface area (Å²) in [5, 5.41) is 2.64. The van der Waals surface area contributed by atoms with Crippen molar-refractivity contribution in [2.75, 3.05) is 18.4 Å². The summed E-state index contributed by atoms with van der Waals surface area (Å²) < 4.78 is 33.4. The number of rotatable bonds is 3. The first-order valence-corrected chi connectivity index (χ1v) is 7.33. The summed E-state index contributed by atoms with van der Waals surface area (Å²) >= 11 is 0. The molecule has 10 heteroatoms. The Kier molecular flexibility index (Phi) is 4.40. The van der Waals surface area contributed by atoms with Gasteiger partial charge in [0.15, 0.2) is 0 Å². The highest BCUT2D eigenvalue weighted by Crippen LogP contribution is 2.11. The molecular formula is C11H14N4O5S. The fourth-order valence-electron chi connectivity index (χ4n) is 1.65. The number of hydrogen-bond acceptors (Lipinski definition) is 6. The van der Waals surface area contributed by atoms with Gasteiger partial charge in [0.2, 0.25) is 5.96 Å². The highest BCUT2D eigenvalue weighted by atomic mass is 32.3. The minimum atomic E-state index is -4.67. The molecule has 1 aliphatic rings. The summed E-state index contributed by atoms with van der Waals surface area (Å²) in [5.74, 6) is -0.0998. The zero-order chi connectivity index (χ0) is 15.5. The number of aryl methyl sites for hydroxylation is 1. The van der Waals surface area contributed by atoms with Crippen LogP contribution in [0.25, 0.3) is 0 Å². The van der Waals surface area contributed by atoms with Crippen molar-refractivity contribution < 1.29 is 22.0 Å². The van der Waals surface area contributed by atoms with Crippen LogP contribution < -0.4 is 10.8 Å². The normalized spacial score (nSPS) is 14.8. The molecule has 0 atom stereocenters. The first-order valence-electron chi connectivity index (χ1n) is 5.97. The van der Waals surface area contributed by atoms with Crippen LogP contribution in [0.3, 0.4) is 0 Å². The van der Waals surface area contributed by atoms with Gasteiger partial charge in [-0.1, -0.05) is 17.7 Å². The van der Waals surface area contributed by atoms with E-state index in [9.17, 15) is 13.2 Å². The van der Waals surface area contributed by atoms with E-state index < -0.39 is 16.4 Å². The lowest BCUT2D eigenvalue weighted by Gasteiger charge is -2.18. The van der Waals surface area contributed by atoms with Gasteiger partial charge in [0.05, 0.1) is 13.1 Å². The molecule has 1 aromatic carbocycles. The molecule has 21 heavy (non-hydrogen) atoms. The van der Waals surface area contributed by atoms with E-state index in [1.807, 2.05) is 24.5 Å². The van der Waals surface area contributed by atoms with Gasteiger partial charge in [-0.15, -0.1) is 4.28 Å². The highest BCUT2D eigenvalue weighted by Gasteiger charge is 2.25. The molecule has 0 fully saturated rings. The van der Waals surface area contributed by atoms with Gasteiger partial charge in [-0.05, 0) is 19.1 Å². The lowest BCUT2D eigenvalue weighted by atomic mass is 10.2. The Morgan fingerprint density at radius 2 is 2.05 bits per heavy atom. The zero-order valence-corrected chi connectivity index (χ0v) is 11.9. The number of nitrogens with zero attached hydrogens (tertiary/aromatic N) is 2. The van der Waals surface area contributed by atoms with Crippen molar-refractivity contribution in [3.63, 3.8) is 0 Å². The second-order valence-electron chi connectivity index (χ2n) is 4.27. The molecule has 0 unspecified atom stereocenters. The molecule has 1 heterocycles. The fraction of sp³-hybridized carbons (Fsp3) is 0.273. The second kappa shape index (κ2) is 6.08. The predicted molar refractivity (Wildman–Crippen MR) is 75.0 cm³/mol. The predicted octanol–water partition coefficient (Wildman–Crippen LogP) is 0.523. The first kappa shape index (κ1) is 15.2. The van der Waals surface area contributed by atoms with Crippen LogP contribution in [-0.2, 0) is 14.7 Å². The molecule has 2 amide bonds. The summed E-state index contributed by atoms with van der Waals surface area (Å²) in [6, 6.07) is 6.66. The number of nitrogens with one attached hydrogen (secondary N) is 2. The van der Waals surface area contributed by atoms with Gasteiger partial charge >= 0.3 is 16.4 Å². The van der Waals surface area contributed by atoms with Crippen LogP contribution in [-0.4, -0.2) is 43.0 Å². The van der Waals surface area contributed by atoms with Crippen molar-refractivity contribution in [2.45, 2.75) is 6.92 Å². The van der Waals surface area contributed by atoms with Crippen LogP contribution >= 0.6 is 0 Å². The molecule has 0 bridgehead atoms. The summed E-state index contributed by atoms with van der Waals surface area (Å²) in [7, 11) is -4.67. The van der Waals surface area contributed by atoms with Crippen molar-refractivity contribution in [3.8, 4) is 0 Å². The Labute approximate surface area is 121 Å². The molecule has 9 nitrogen and oxygen atoms in total. The number of benzene rings is 1. The van der Waals surface area contributed by atoms with Crippen molar-refractivity contribution in [3.05, 3.63) is 29.8 Å². The molecule has 0 aromatic heterocycles. The molecule has 0 spiro atoms. The molecule has 0 aliphatic carbocycles. The van der Waals surface area contributed by atoms with Crippen LogP contribution in [0.4, 0.5) is 10.5 Å². The quantitative estimate of drug-likeness (QED) is 0.552. The molecule has 114 valence electrons. The molecule has 0 radical (unpaired) electrons. The lowest BCUT2D eigenvalue weighted by Crippen LogP contribution is -2.45. The summed E-state index contributed by atoms with van der Waals surface area (Å²) in [6.07, 6.45) is 0. The maximum absolute atomic E-state index is 12.1. The number of hydroxylamine groups is 1. The Hall–Kier alpha value is -2.17. The summed E-state index contributed by atoms with van der Waals surface area (Å²) in [4.78, 5) is 17.1. The molecular weight excluding hydrogens is 300 g/mol. The smallest absolute Gasteiger partial charge is 0.307 e. The van der Waals surface area contributed by atoms with Gasteiger partial charge < -0.3 is 5.32 Å². The van der Waals surface area contributed by atoms with E-state index in [0.29, 0.717) is 12.2 Å². The van der Waals surface area contributed by atoms with Crippen molar-refractivity contribution in [1.29, 1.82) is 0 Å². The third-order valence-electron chi connectivity index (χ3n) is 2.63. The number of urea groups is 1. The molecule has 3 N–H and O–H groups in total. The Morgan fingerprint density at radius 1 is 1.38 bits per heavy atom. The van der Waals surface area contributed by atoms with E-state index in [1.165, 1.54) is 0 Å². The number of anilines is 1. The first-order chi connectivity index (χ1) is 9.85. The van der Waals surface area contributed by atoms with Crippen LogP contribution in [0.1, 0.15) is 5.56 Å². The van der Waals surface area contributed by atoms with E-state index in [0.717, 1.165) is 10.5 Å². The summed E-state index contributed by atoms with van der Waals surface area (Å²) in [5.41, 5.74) is 3.57. The van der Waals surface area contributed by atoms with Gasteiger partial charge in [0.25, 0.3) is 0 Å². The number of hydrogen-bond donors (Lipinski definition) is 3. The van der Waals surface area contributed by atoms with Crippen LogP contribution in [0.15, 0.2) is 29.3 Å². The van der Waals surface area contributed by atoms with Crippen molar-refractivity contribution in [2.24, 2.45) is 4.99 Å². The van der Waals surface area contributed by atoms with Gasteiger partial charge in [0.1, 0.15) is 0 Å². The van der Waals surface area contributed by atoms with E-state index in [4.69, 9.17) is 4.55 Å². The summed E-state index contributed by atoms with van der Waals surface area (Å²) in [6.45, 7) is 2.47. The number of aliphatic imine (C=N–C) groups is 1. The number of amides is 2. The van der Waals surface area contributed by atoms with Crippen LogP contribution in [0.5, 0.6) is 0 Å². The fourth-order valence-corrected chi connectivity index (χ4v) is 1.83. The maximum Gasteiger partial charge on any atom is 0.418 e. The maximum atomic E-state index is 12.1. The molecule has 0 saturated heterocycles. The number of carbonyl (C=O) groups excluding carboxylic acids is 1. The Balaban J connectivity index is 1.98. The van der Waals surface area contributed by atoms with Gasteiger partial charge in [-0.25, -0.2) is 15.3 Å². The van der Waals surface area contributed by atoms with Crippen molar-refractivity contribution >= 4 is 28.1 Å². The lowest BCUT2D eigenvalue weighted by molar-refractivity contribution is 0.207. The van der Waals surface area contributed by atoms with E-state index in [-0.39, 0.29) is 12.5 Å². The Bertz CT molecular complexity index is 656. The standard InChI is InChI=1S/C11H14N4O5S/c1-8-2-4-9(5-3-8)13-11(16)15-7-6-12-10(15)14-20-21(17,18)19/h2-5H,6-7H2,1H3,(H,12,14)(H,13,16)(H,17,18,19). The third kappa shape index (κ3) is 4.41.